The summed E-state index contributed by atoms with van der Waals surface area (Å²) in [5.41, 5.74) is 2.70. The van der Waals surface area contributed by atoms with Crippen molar-refractivity contribution in [1.82, 2.24) is 0 Å². The van der Waals surface area contributed by atoms with E-state index in [1.54, 1.807) is 6.08 Å². The number of nitriles is 1. The van der Waals surface area contributed by atoms with Gasteiger partial charge in [-0.1, -0.05) is 24.8 Å². The number of hydrogen-bond donors (Lipinski definition) is 0. The van der Waals surface area contributed by atoms with Crippen LogP contribution in [-0.4, -0.2) is 0 Å². The van der Waals surface area contributed by atoms with Gasteiger partial charge in [-0.05, 0) is 24.1 Å². The van der Waals surface area contributed by atoms with Crippen LogP contribution in [0.25, 0.3) is 6.08 Å². The third kappa shape index (κ3) is 1.47. The minimum absolute atomic E-state index is 0.694. The van der Waals surface area contributed by atoms with Gasteiger partial charge in [0.1, 0.15) is 0 Å². The molecule has 0 saturated heterocycles. The van der Waals surface area contributed by atoms with Crippen LogP contribution in [0.2, 0.25) is 0 Å². The Morgan fingerprint density at radius 1 is 1.55 bits per heavy atom. The lowest BCUT2D eigenvalue weighted by Crippen LogP contribution is -1.82. The largest absolute Gasteiger partial charge is 0.192 e. The van der Waals surface area contributed by atoms with Crippen molar-refractivity contribution in [2.45, 2.75) is 6.92 Å². The fourth-order valence-corrected chi connectivity index (χ4v) is 0.945. The van der Waals surface area contributed by atoms with Gasteiger partial charge in [0, 0.05) is 0 Å². The van der Waals surface area contributed by atoms with Gasteiger partial charge in [-0.15, -0.1) is 0 Å². The zero-order valence-corrected chi connectivity index (χ0v) is 6.46. The maximum atomic E-state index is 8.68. The first kappa shape index (κ1) is 7.56. The molecule has 0 aliphatic carbocycles. The van der Waals surface area contributed by atoms with Crippen LogP contribution in [0.15, 0.2) is 24.8 Å². The van der Waals surface area contributed by atoms with E-state index >= 15 is 0 Å². The molecule has 0 atom stereocenters. The summed E-state index contributed by atoms with van der Waals surface area (Å²) in [6, 6.07) is 7.85. The molecule has 1 rings (SSSR count). The predicted molar refractivity (Wildman–Crippen MR) is 46.0 cm³/mol. The van der Waals surface area contributed by atoms with E-state index in [0.717, 1.165) is 11.1 Å². The second-order valence-electron chi connectivity index (χ2n) is 2.41. The Labute approximate surface area is 66.6 Å². The molecule has 54 valence electrons. The van der Waals surface area contributed by atoms with E-state index in [-0.39, 0.29) is 0 Å². The summed E-state index contributed by atoms with van der Waals surface area (Å²) in [6.45, 7) is 5.58. The second kappa shape index (κ2) is 3.03. The van der Waals surface area contributed by atoms with Crippen molar-refractivity contribution in [3.8, 4) is 6.07 Å². The molecular formula is C10H9N. The molecule has 0 spiro atoms. The lowest BCUT2D eigenvalue weighted by atomic mass is 10.1. The fourth-order valence-electron chi connectivity index (χ4n) is 0.945. The van der Waals surface area contributed by atoms with E-state index in [4.69, 9.17) is 5.26 Å². The smallest absolute Gasteiger partial charge is 0.0998 e. The second-order valence-corrected chi connectivity index (χ2v) is 2.41. The summed E-state index contributed by atoms with van der Waals surface area (Å²) in [5, 5.41) is 8.68. The topological polar surface area (TPSA) is 23.8 Å². The van der Waals surface area contributed by atoms with E-state index in [2.05, 4.69) is 12.6 Å². The summed E-state index contributed by atoms with van der Waals surface area (Å²) in [5.74, 6) is 0. The number of nitrogens with zero attached hydrogens (tertiary/aromatic N) is 1. The maximum Gasteiger partial charge on any atom is 0.0998 e. The van der Waals surface area contributed by atoms with Crippen LogP contribution >= 0.6 is 0 Å². The van der Waals surface area contributed by atoms with Gasteiger partial charge in [-0.25, -0.2) is 0 Å². The van der Waals surface area contributed by atoms with Gasteiger partial charge in [0.25, 0.3) is 0 Å². The summed E-state index contributed by atoms with van der Waals surface area (Å²) in [6.07, 6.45) is 1.69. The first-order valence-corrected chi connectivity index (χ1v) is 3.41. The average Bonchev–Trinajstić information content (AvgIpc) is 2.04. The highest BCUT2D eigenvalue weighted by molar-refractivity contribution is 5.57. The van der Waals surface area contributed by atoms with Gasteiger partial charge >= 0.3 is 0 Å². The van der Waals surface area contributed by atoms with Crippen molar-refractivity contribution in [3.05, 3.63) is 41.5 Å². The van der Waals surface area contributed by atoms with E-state index in [1.807, 2.05) is 25.1 Å². The highest BCUT2D eigenvalue weighted by Crippen LogP contribution is 2.11. The van der Waals surface area contributed by atoms with E-state index < -0.39 is 0 Å². The molecule has 1 heteroatoms. The summed E-state index contributed by atoms with van der Waals surface area (Å²) < 4.78 is 0. The Hall–Kier alpha value is -1.55. The van der Waals surface area contributed by atoms with Gasteiger partial charge in [-0.2, -0.15) is 5.26 Å². The van der Waals surface area contributed by atoms with Gasteiger partial charge < -0.3 is 0 Å². The molecule has 0 fully saturated rings. The highest BCUT2D eigenvalue weighted by atomic mass is 14.2. The van der Waals surface area contributed by atoms with E-state index in [9.17, 15) is 0 Å². The molecule has 0 radical (unpaired) electrons. The molecule has 0 amide bonds. The van der Waals surface area contributed by atoms with Gasteiger partial charge in [0.15, 0.2) is 0 Å². The minimum Gasteiger partial charge on any atom is -0.192 e. The van der Waals surface area contributed by atoms with Crippen molar-refractivity contribution in [1.29, 1.82) is 5.26 Å². The first-order valence-electron chi connectivity index (χ1n) is 3.41. The molecule has 0 N–H and O–H groups in total. The molecule has 0 saturated carbocycles. The van der Waals surface area contributed by atoms with E-state index in [1.165, 1.54) is 0 Å². The van der Waals surface area contributed by atoms with Crippen LogP contribution in [0.3, 0.4) is 0 Å². The minimum atomic E-state index is 0.694. The van der Waals surface area contributed by atoms with Crippen LogP contribution in [0.5, 0.6) is 0 Å². The van der Waals surface area contributed by atoms with Crippen molar-refractivity contribution >= 4 is 6.08 Å². The molecular weight excluding hydrogens is 134 g/mol. The average molecular weight is 143 g/mol. The zero-order chi connectivity index (χ0) is 8.27. The fraction of sp³-hybridized carbons (Fsp3) is 0.100. The summed E-state index contributed by atoms with van der Waals surface area (Å²) in [7, 11) is 0. The van der Waals surface area contributed by atoms with Gasteiger partial charge in [-0.3, -0.25) is 0 Å². The number of aryl methyl sites for hydroxylation is 1. The molecule has 0 unspecified atom stereocenters. The lowest BCUT2D eigenvalue weighted by Gasteiger charge is -1.97. The van der Waals surface area contributed by atoms with Crippen molar-refractivity contribution in [3.63, 3.8) is 0 Å². The number of benzene rings is 1. The molecule has 11 heavy (non-hydrogen) atoms. The van der Waals surface area contributed by atoms with Crippen LogP contribution < -0.4 is 0 Å². The standard InChI is InChI=1S/C10H9N/c1-3-9-5-4-8(2)6-10(9)7-11/h3-6H,1H2,2H3. The molecule has 0 aliphatic rings. The number of rotatable bonds is 1. The Morgan fingerprint density at radius 3 is 2.82 bits per heavy atom. The van der Waals surface area contributed by atoms with Gasteiger partial charge in [0.2, 0.25) is 0 Å². The quantitative estimate of drug-likeness (QED) is 0.592. The van der Waals surface area contributed by atoms with E-state index in [0.29, 0.717) is 5.56 Å². The van der Waals surface area contributed by atoms with Crippen LogP contribution in [0.4, 0.5) is 0 Å². The predicted octanol–water partition coefficient (Wildman–Crippen LogP) is 2.51. The molecule has 0 aliphatic heterocycles. The monoisotopic (exact) mass is 143 g/mol. The summed E-state index contributed by atoms with van der Waals surface area (Å²) in [4.78, 5) is 0. The Kier molecular flexibility index (Phi) is 2.08. The number of hydrogen-bond acceptors (Lipinski definition) is 1. The van der Waals surface area contributed by atoms with Crippen molar-refractivity contribution in [2.75, 3.05) is 0 Å². The zero-order valence-electron chi connectivity index (χ0n) is 6.46. The molecule has 1 nitrogen and oxygen atoms in total. The third-order valence-corrected chi connectivity index (χ3v) is 1.55. The highest BCUT2D eigenvalue weighted by Gasteiger charge is 1.96. The summed E-state index contributed by atoms with van der Waals surface area (Å²) >= 11 is 0. The SMILES string of the molecule is C=Cc1ccc(C)cc1C#N. The normalized spacial score (nSPS) is 8.73. The van der Waals surface area contributed by atoms with Gasteiger partial charge in [0.05, 0.1) is 11.6 Å². The molecule has 0 heterocycles. The Morgan fingerprint density at radius 2 is 2.27 bits per heavy atom. The molecule has 0 aromatic heterocycles. The first-order chi connectivity index (χ1) is 5.27. The van der Waals surface area contributed by atoms with Crippen LogP contribution in [0, 0.1) is 18.3 Å². The molecule has 1 aromatic carbocycles. The van der Waals surface area contributed by atoms with Crippen molar-refractivity contribution < 1.29 is 0 Å². The Balaban J connectivity index is 3.30. The maximum absolute atomic E-state index is 8.68. The molecule has 0 bridgehead atoms. The van der Waals surface area contributed by atoms with Crippen molar-refractivity contribution in [2.24, 2.45) is 0 Å². The third-order valence-electron chi connectivity index (χ3n) is 1.55. The van der Waals surface area contributed by atoms with Crippen LogP contribution in [0.1, 0.15) is 16.7 Å². The van der Waals surface area contributed by atoms with Crippen LogP contribution in [-0.2, 0) is 0 Å². The lowest BCUT2D eigenvalue weighted by molar-refractivity contribution is 1.41. The molecule has 1 aromatic rings. The Bertz CT molecular complexity index is 318.